The van der Waals surface area contributed by atoms with Crippen LogP contribution in [0.3, 0.4) is 0 Å². The minimum atomic E-state index is -2.29. The van der Waals surface area contributed by atoms with E-state index in [2.05, 4.69) is 0 Å². The van der Waals surface area contributed by atoms with Crippen molar-refractivity contribution in [3.8, 4) is 0 Å². The number of ether oxygens (including phenoxy) is 7. The number of hydrogen-bond acceptors (Lipinski definition) is 14. The number of carbonyl (C=O) groups is 1. The average molecular weight is 823 g/mol. The molecule has 0 aromatic heterocycles. The van der Waals surface area contributed by atoms with Gasteiger partial charge >= 0.3 is 5.97 Å². The summed E-state index contributed by atoms with van der Waals surface area (Å²) in [5, 5.41) is 67.3. The third-order valence-electron chi connectivity index (χ3n) is 11.2. The second-order valence-electron chi connectivity index (χ2n) is 16.2. The topological polar surface area (TPSA) is 203 Å². The van der Waals surface area contributed by atoms with Gasteiger partial charge in [-0.05, 0) is 66.0 Å². The molecule has 0 unspecified atom stereocenters. The Bertz CT molecular complexity index is 1520. The van der Waals surface area contributed by atoms with Gasteiger partial charge in [0.1, 0.15) is 30.5 Å². The van der Waals surface area contributed by atoms with Gasteiger partial charge in [0.25, 0.3) is 0 Å². The van der Waals surface area contributed by atoms with E-state index in [1.165, 1.54) is 21.3 Å². The molecule has 0 aromatic rings. The van der Waals surface area contributed by atoms with E-state index >= 15 is 0 Å². The van der Waals surface area contributed by atoms with Crippen molar-refractivity contribution in [3.63, 3.8) is 0 Å². The zero-order valence-corrected chi connectivity index (χ0v) is 36.1. The molecule has 14 nitrogen and oxygen atoms in total. The zero-order valence-electron chi connectivity index (χ0n) is 36.1. The number of allylic oxidation sites excluding steroid dienone is 7. The molecule has 3 rings (SSSR count). The molecule has 3 heterocycles. The Morgan fingerprint density at radius 1 is 0.897 bits per heavy atom. The van der Waals surface area contributed by atoms with Crippen LogP contribution in [0, 0.1) is 11.8 Å². The first-order valence-corrected chi connectivity index (χ1v) is 20.2. The van der Waals surface area contributed by atoms with Gasteiger partial charge in [-0.1, -0.05) is 67.0 Å². The molecule has 3 aliphatic rings. The largest absolute Gasteiger partial charge is 0.456 e. The Balaban J connectivity index is 2.00. The number of aliphatic hydroxyl groups is 6. The SMILES string of the molecule is COC[C@H](O)C[C@H]1O[C@@](O)([C@H](O)[C@H]2C[C@H](OC)[C@@H](O)CCC=C(C)C=C[C@@H](O[C@@H]3O[C@@H](C)[C@H](OC)[C@@H](O)[C@@H]3O)[C@H](C)C=C(C)C=C(C)C=C(C)C(=O)O2)C(C)=C[C@H]1C. The Morgan fingerprint density at radius 2 is 1.59 bits per heavy atom. The van der Waals surface area contributed by atoms with Crippen LogP contribution in [0.25, 0.3) is 0 Å². The van der Waals surface area contributed by atoms with E-state index in [1.807, 2.05) is 65.0 Å². The smallest absolute Gasteiger partial charge is 0.334 e. The first-order chi connectivity index (χ1) is 27.2. The predicted octanol–water partition coefficient (Wildman–Crippen LogP) is 3.73. The summed E-state index contributed by atoms with van der Waals surface area (Å²) in [7, 11) is 4.32. The summed E-state index contributed by atoms with van der Waals surface area (Å²) in [6.45, 7) is 14.5. The van der Waals surface area contributed by atoms with Crippen molar-refractivity contribution >= 4 is 5.97 Å². The van der Waals surface area contributed by atoms with Crippen molar-refractivity contribution in [1.29, 1.82) is 0 Å². The van der Waals surface area contributed by atoms with Gasteiger partial charge in [-0.15, -0.1) is 0 Å². The van der Waals surface area contributed by atoms with E-state index in [0.29, 0.717) is 17.6 Å². The summed E-state index contributed by atoms with van der Waals surface area (Å²) in [6.07, 6.45) is 1.24. The highest BCUT2D eigenvalue weighted by atomic mass is 16.7. The summed E-state index contributed by atoms with van der Waals surface area (Å²) in [5.41, 5.74) is 2.95. The molecule has 0 radical (unpaired) electrons. The van der Waals surface area contributed by atoms with Crippen molar-refractivity contribution in [1.82, 2.24) is 0 Å². The molecule has 0 aromatic carbocycles. The lowest BCUT2D eigenvalue weighted by molar-refractivity contribution is -0.305. The predicted molar refractivity (Wildman–Crippen MR) is 217 cm³/mol. The fourth-order valence-electron chi connectivity index (χ4n) is 7.80. The van der Waals surface area contributed by atoms with Gasteiger partial charge in [0.15, 0.2) is 6.29 Å². The monoisotopic (exact) mass is 822 g/mol. The number of methoxy groups -OCH3 is 3. The third-order valence-corrected chi connectivity index (χ3v) is 11.2. The first-order valence-electron chi connectivity index (χ1n) is 20.2. The van der Waals surface area contributed by atoms with Crippen LogP contribution < -0.4 is 0 Å². The van der Waals surface area contributed by atoms with Crippen molar-refractivity contribution < 1.29 is 68.6 Å². The van der Waals surface area contributed by atoms with Crippen molar-refractivity contribution in [2.24, 2.45) is 11.8 Å². The van der Waals surface area contributed by atoms with Crippen LogP contribution in [0.4, 0.5) is 0 Å². The number of carbonyl (C=O) groups excluding carboxylic acids is 1. The molecular weight excluding hydrogens is 752 g/mol. The molecule has 0 amide bonds. The van der Waals surface area contributed by atoms with Gasteiger partial charge < -0.3 is 63.8 Å². The summed E-state index contributed by atoms with van der Waals surface area (Å²) < 4.78 is 40.5. The molecule has 0 saturated carbocycles. The number of rotatable bonds is 10. The maximum atomic E-state index is 13.7. The van der Waals surface area contributed by atoms with Gasteiger partial charge in [-0.25, -0.2) is 4.79 Å². The van der Waals surface area contributed by atoms with Crippen LogP contribution in [-0.4, -0.2) is 144 Å². The number of cyclic esters (lactones) is 1. The van der Waals surface area contributed by atoms with Crippen LogP contribution >= 0.6 is 0 Å². The molecule has 3 aliphatic heterocycles. The highest BCUT2D eigenvalue weighted by Crippen LogP contribution is 2.38. The fraction of sp³-hybridized carbons (Fsp3) is 0.705. The molecule has 1 saturated heterocycles. The van der Waals surface area contributed by atoms with Crippen molar-refractivity contribution in [2.75, 3.05) is 27.9 Å². The molecule has 1 fully saturated rings. The molecule has 0 bridgehead atoms. The molecule has 330 valence electrons. The summed E-state index contributed by atoms with van der Waals surface area (Å²) in [4.78, 5) is 13.7. The maximum Gasteiger partial charge on any atom is 0.334 e. The Labute approximate surface area is 344 Å². The third kappa shape index (κ3) is 13.5. The second-order valence-corrected chi connectivity index (χ2v) is 16.2. The average Bonchev–Trinajstić information content (AvgIpc) is 3.15. The summed E-state index contributed by atoms with van der Waals surface area (Å²) in [6, 6.07) is 0. The van der Waals surface area contributed by atoms with E-state index < -0.39 is 85.2 Å². The van der Waals surface area contributed by atoms with Crippen molar-refractivity contribution in [2.45, 2.75) is 160 Å². The highest BCUT2D eigenvalue weighted by Gasteiger charge is 2.50. The van der Waals surface area contributed by atoms with E-state index in [1.54, 1.807) is 32.9 Å². The van der Waals surface area contributed by atoms with E-state index in [4.69, 9.17) is 33.2 Å². The lowest BCUT2D eigenvalue weighted by atomic mass is 9.85. The van der Waals surface area contributed by atoms with Gasteiger partial charge in [0.05, 0.1) is 43.2 Å². The minimum absolute atomic E-state index is 0.0552. The van der Waals surface area contributed by atoms with Gasteiger partial charge in [0, 0.05) is 51.6 Å². The molecule has 15 atom stereocenters. The highest BCUT2D eigenvalue weighted by molar-refractivity contribution is 5.88. The normalized spacial score (nSPS) is 37.7. The summed E-state index contributed by atoms with van der Waals surface area (Å²) >= 11 is 0. The Hall–Kier alpha value is -2.57. The number of aliphatic hydroxyl groups excluding tert-OH is 5. The van der Waals surface area contributed by atoms with Gasteiger partial charge in [-0.3, -0.25) is 0 Å². The lowest BCUT2D eigenvalue weighted by Crippen LogP contribution is -2.58. The van der Waals surface area contributed by atoms with Gasteiger partial charge in [-0.2, -0.15) is 0 Å². The molecular formula is C44H70O14. The first kappa shape index (κ1) is 49.8. The minimum Gasteiger partial charge on any atom is -0.456 e. The quantitative estimate of drug-likeness (QED) is 0.137. The number of hydrogen-bond donors (Lipinski definition) is 6. The van der Waals surface area contributed by atoms with E-state index in [0.717, 1.165) is 11.1 Å². The lowest BCUT2D eigenvalue weighted by Gasteiger charge is -2.45. The van der Waals surface area contributed by atoms with Crippen LogP contribution in [0.15, 0.2) is 70.4 Å². The maximum absolute atomic E-state index is 13.7. The van der Waals surface area contributed by atoms with E-state index in [9.17, 15) is 35.4 Å². The van der Waals surface area contributed by atoms with E-state index in [-0.39, 0.29) is 43.3 Å². The van der Waals surface area contributed by atoms with Crippen LogP contribution in [0.1, 0.15) is 81.1 Å². The van der Waals surface area contributed by atoms with Crippen molar-refractivity contribution in [3.05, 3.63) is 70.4 Å². The fourth-order valence-corrected chi connectivity index (χ4v) is 7.80. The molecule has 0 spiro atoms. The van der Waals surface area contributed by atoms with Gasteiger partial charge in [0.2, 0.25) is 5.79 Å². The summed E-state index contributed by atoms with van der Waals surface area (Å²) in [5.74, 6) is -3.53. The van der Waals surface area contributed by atoms with Crippen LogP contribution in [0.2, 0.25) is 0 Å². The Kier molecular flexibility index (Phi) is 19.6. The van der Waals surface area contributed by atoms with Crippen LogP contribution in [0.5, 0.6) is 0 Å². The Morgan fingerprint density at radius 3 is 2.22 bits per heavy atom. The van der Waals surface area contributed by atoms with Crippen LogP contribution in [-0.2, 0) is 38.0 Å². The molecule has 14 heteroatoms. The molecule has 58 heavy (non-hydrogen) atoms. The second kappa shape index (κ2) is 22.9. The standard InChI is InChI=1S/C44H70O14/c1-24-13-12-14-33(46)36(53-10)22-37(41(49)44(51)30(7)20-28(5)35(58-44)21-32(45)23-52-9)56-42(50)29(6)19-26(3)17-25(2)18-27(4)34(16-15-24)57-43-39(48)38(47)40(54-11)31(8)55-43/h13,15-20,27-28,31-41,43,45-49,51H,12,14,21-23H2,1-11H3/t27-,28-,31+,32-,33+,34-,35-,36+,37-,38+,39+,40+,41-,43+,44-/m1/s1. The zero-order chi connectivity index (χ0) is 43.5. The molecule has 6 N–H and O–H groups in total. The molecule has 0 aliphatic carbocycles. The number of esters is 1.